The van der Waals surface area contributed by atoms with Gasteiger partial charge in [0, 0.05) is 13.2 Å². The summed E-state index contributed by atoms with van der Waals surface area (Å²) in [5.41, 5.74) is 0. The molecule has 0 aliphatic rings. The molecule has 0 fully saturated rings. The summed E-state index contributed by atoms with van der Waals surface area (Å²) < 4.78 is 4.83. The van der Waals surface area contributed by atoms with Crippen molar-refractivity contribution in [2.24, 2.45) is 0 Å². The van der Waals surface area contributed by atoms with Crippen molar-refractivity contribution in [3.8, 4) is 0 Å². The zero-order valence-electron chi connectivity index (χ0n) is 10.9. The van der Waals surface area contributed by atoms with Crippen molar-refractivity contribution in [2.45, 2.75) is 53.4 Å². The zero-order chi connectivity index (χ0) is 11.8. The van der Waals surface area contributed by atoms with Gasteiger partial charge in [0.25, 0.3) is 0 Å². The van der Waals surface area contributed by atoms with Crippen LogP contribution < -0.4 is 0 Å². The topological polar surface area (TPSA) is 27.7 Å². The monoisotopic (exact) mass is 220 g/mol. The Bertz CT molecular complexity index is 76.9. The van der Waals surface area contributed by atoms with Crippen LogP contribution in [0.2, 0.25) is 0 Å². The normalized spacial score (nSPS) is 9.60. The highest BCUT2D eigenvalue weighted by Crippen LogP contribution is 1.91. The van der Waals surface area contributed by atoms with E-state index in [1.165, 1.54) is 0 Å². The van der Waals surface area contributed by atoms with E-state index >= 15 is 0 Å². The summed E-state index contributed by atoms with van der Waals surface area (Å²) in [4.78, 5) is 9.75. The molecule has 0 radical (unpaired) electrons. The Morgan fingerprint density at radius 2 is 1.07 bits per heavy atom. The lowest BCUT2D eigenvalue weighted by Gasteiger charge is -2.00. The minimum atomic E-state index is 0.736. The molecule has 0 amide bonds. The van der Waals surface area contributed by atoms with E-state index in [1.807, 2.05) is 13.8 Å². The largest absolute Gasteiger partial charge is 0.382 e. The van der Waals surface area contributed by atoms with Gasteiger partial charge in [0.1, 0.15) is 0 Å². The maximum Gasteiger partial charge on any atom is 0.0822 e. The predicted octanol–water partition coefficient (Wildman–Crippen LogP) is 3.58. The summed E-state index contributed by atoms with van der Waals surface area (Å²) in [6.45, 7) is 11.4. The van der Waals surface area contributed by atoms with Gasteiger partial charge in [-0.15, -0.1) is 0 Å². The van der Waals surface area contributed by atoms with Crippen LogP contribution in [0.5, 0.6) is 0 Å². The molecule has 3 nitrogen and oxygen atoms in total. The van der Waals surface area contributed by atoms with Crippen molar-refractivity contribution >= 4 is 0 Å². The van der Waals surface area contributed by atoms with Gasteiger partial charge in [-0.3, -0.25) is 0 Å². The Labute approximate surface area is 95.0 Å². The Morgan fingerprint density at radius 3 is 1.27 bits per heavy atom. The molecule has 0 aromatic carbocycles. The van der Waals surface area contributed by atoms with E-state index in [4.69, 9.17) is 14.5 Å². The molecule has 0 aromatic heterocycles. The molecule has 3 heteroatoms. The number of unbranched alkanes of at least 4 members (excludes halogenated alkanes) is 2. The Balaban J connectivity index is 0. The second kappa shape index (κ2) is 19.5. The molecule has 0 bridgehead atoms. The fourth-order valence-corrected chi connectivity index (χ4v) is 0.729. The minimum Gasteiger partial charge on any atom is -0.382 e. The molecule has 0 unspecified atom stereocenters. The van der Waals surface area contributed by atoms with E-state index in [-0.39, 0.29) is 0 Å². The second-order valence-electron chi connectivity index (χ2n) is 3.13. The van der Waals surface area contributed by atoms with Crippen LogP contribution in [0.25, 0.3) is 0 Å². The summed E-state index contributed by atoms with van der Waals surface area (Å²) in [6.07, 6.45) is 4.51. The van der Waals surface area contributed by atoms with Crippen LogP contribution in [0, 0.1) is 0 Å². The van der Waals surface area contributed by atoms with E-state index in [0.29, 0.717) is 0 Å². The van der Waals surface area contributed by atoms with Gasteiger partial charge in [0.15, 0.2) is 0 Å². The molecule has 94 valence electrons. The van der Waals surface area contributed by atoms with Crippen molar-refractivity contribution in [3.63, 3.8) is 0 Å². The van der Waals surface area contributed by atoms with E-state index in [1.54, 1.807) is 0 Å². The molecule has 0 aliphatic carbocycles. The lowest BCUT2D eigenvalue weighted by atomic mass is 10.4. The highest BCUT2D eigenvalue weighted by molar-refractivity contribution is 4.28. The standard InChI is InChI=1S/C8H18O2.C4H10O/c1-3-5-7-9-10-8-6-4-2;1-3-5-4-2/h3-8H2,1-2H3;3-4H2,1-2H3. The predicted molar refractivity (Wildman–Crippen MR) is 63.9 cm³/mol. The summed E-state index contributed by atoms with van der Waals surface area (Å²) in [6, 6.07) is 0. The summed E-state index contributed by atoms with van der Waals surface area (Å²) in [5.74, 6) is 0. The van der Waals surface area contributed by atoms with Gasteiger partial charge >= 0.3 is 0 Å². The number of hydrogen-bond acceptors (Lipinski definition) is 3. The van der Waals surface area contributed by atoms with Gasteiger partial charge < -0.3 is 4.74 Å². The first-order chi connectivity index (χ1) is 7.33. The van der Waals surface area contributed by atoms with Gasteiger partial charge in [0.05, 0.1) is 13.2 Å². The lowest BCUT2D eigenvalue weighted by molar-refractivity contribution is -0.295. The SMILES string of the molecule is CCCCOOCCCC.CCOCC. The molecule has 0 aromatic rings. The van der Waals surface area contributed by atoms with Crippen molar-refractivity contribution < 1.29 is 14.5 Å². The van der Waals surface area contributed by atoms with Crippen LogP contribution in [0.1, 0.15) is 53.4 Å². The first-order valence-corrected chi connectivity index (χ1v) is 6.15. The van der Waals surface area contributed by atoms with Crippen LogP contribution >= 0.6 is 0 Å². The molecule has 0 heterocycles. The van der Waals surface area contributed by atoms with E-state index < -0.39 is 0 Å². The Hall–Kier alpha value is -0.120. The molecule has 0 spiro atoms. The van der Waals surface area contributed by atoms with Crippen molar-refractivity contribution in [2.75, 3.05) is 26.4 Å². The van der Waals surface area contributed by atoms with Crippen LogP contribution in [0.3, 0.4) is 0 Å². The zero-order valence-corrected chi connectivity index (χ0v) is 10.9. The van der Waals surface area contributed by atoms with Crippen LogP contribution in [0.4, 0.5) is 0 Å². The molecule has 0 atom stereocenters. The molecule has 0 rings (SSSR count). The molecule has 0 N–H and O–H groups in total. The average Bonchev–Trinajstić information content (AvgIpc) is 2.25. The maximum atomic E-state index is 4.88. The third kappa shape index (κ3) is 24.8. The van der Waals surface area contributed by atoms with Gasteiger partial charge in [-0.1, -0.05) is 26.7 Å². The quantitative estimate of drug-likeness (QED) is 0.338. The summed E-state index contributed by atoms with van der Waals surface area (Å²) in [7, 11) is 0. The molecule has 0 aliphatic heterocycles. The molecular formula is C12H28O3. The maximum absolute atomic E-state index is 4.88. The van der Waals surface area contributed by atoms with Gasteiger partial charge in [-0.25, -0.2) is 9.78 Å². The van der Waals surface area contributed by atoms with Gasteiger partial charge in [-0.2, -0.15) is 0 Å². The first-order valence-electron chi connectivity index (χ1n) is 6.15. The van der Waals surface area contributed by atoms with Crippen molar-refractivity contribution in [1.82, 2.24) is 0 Å². The van der Waals surface area contributed by atoms with Gasteiger partial charge in [-0.05, 0) is 26.7 Å². The smallest absolute Gasteiger partial charge is 0.0822 e. The third-order valence-electron chi connectivity index (χ3n) is 1.65. The molecular weight excluding hydrogens is 192 g/mol. The van der Waals surface area contributed by atoms with E-state index in [0.717, 1.165) is 52.1 Å². The lowest BCUT2D eigenvalue weighted by Crippen LogP contribution is -1.97. The van der Waals surface area contributed by atoms with Crippen molar-refractivity contribution in [1.29, 1.82) is 0 Å². The fourth-order valence-electron chi connectivity index (χ4n) is 0.729. The molecule has 15 heavy (non-hydrogen) atoms. The summed E-state index contributed by atoms with van der Waals surface area (Å²) >= 11 is 0. The number of rotatable bonds is 9. The average molecular weight is 220 g/mol. The van der Waals surface area contributed by atoms with Crippen LogP contribution in [-0.2, 0) is 14.5 Å². The third-order valence-corrected chi connectivity index (χ3v) is 1.65. The Morgan fingerprint density at radius 1 is 0.667 bits per heavy atom. The molecule has 0 saturated heterocycles. The summed E-state index contributed by atoms with van der Waals surface area (Å²) in [5, 5.41) is 0. The Kier molecular flexibility index (Phi) is 22.4. The first kappa shape index (κ1) is 17.3. The second-order valence-corrected chi connectivity index (χ2v) is 3.13. The van der Waals surface area contributed by atoms with Crippen LogP contribution in [0.15, 0.2) is 0 Å². The highest BCUT2D eigenvalue weighted by Gasteiger charge is 1.86. The van der Waals surface area contributed by atoms with E-state index in [9.17, 15) is 0 Å². The molecule has 0 saturated carbocycles. The number of ether oxygens (including phenoxy) is 1. The van der Waals surface area contributed by atoms with Crippen LogP contribution in [-0.4, -0.2) is 26.4 Å². The van der Waals surface area contributed by atoms with Gasteiger partial charge in [0.2, 0.25) is 0 Å². The highest BCUT2D eigenvalue weighted by atomic mass is 17.2. The number of hydrogen-bond donors (Lipinski definition) is 0. The fraction of sp³-hybridized carbons (Fsp3) is 1.00. The minimum absolute atomic E-state index is 0.736. The van der Waals surface area contributed by atoms with E-state index in [2.05, 4.69) is 13.8 Å². The van der Waals surface area contributed by atoms with Crippen molar-refractivity contribution in [3.05, 3.63) is 0 Å².